The van der Waals surface area contributed by atoms with Gasteiger partial charge < -0.3 is 19.5 Å². The van der Waals surface area contributed by atoms with Crippen LogP contribution >= 0.6 is 0 Å². The summed E-state index contributed by atoms with van der Waals surface area (Å²) in [6.07, 6.45) is 0.972. The van der Waals surface area contributed by atoms with Gasteiger partial charge in [-0.25, -0.2) is 0 Å². The molecule has 1 heterocycles. The van der Waals surface area contributed by atoms with E-state index in [1.807, 2.05) is 18.2 Å². The summed E-state index contributed by atoms with van der Waals surface area (Å²) in [4.78, 5) is 0. The zero-order chi connectivity index (χ0) is 13.5. The van der Waals surface area contributed by atoms with Crippen molar-refractivity contribution in [2.45, 2.75) is 25.5 Å². The number of rotatable bonds is 7. The van der Waals surface area contributed by atoms with Gasteiger partial charge in [0.15, 0.2) is 0 Å². The predicted molar refractivity (Wildman–Crippen MR) is 74.6 cm³/mol. The Bertz CT molecular complexity index is 383. The summed E-state index contributed by atoms with van der Waals surface area (Å²) in [6, 6.07) is 8.37. The zero-order valence-electron chi connectivity index (χ0n) is 11.7. The fraction of sp³-hybridized carbons (Fsp3) is 0.600. The van der Waals surface area contributed by atoms with Crippen molar-refractivity contribution >= 4 is 0 Å². The van der Waals surface area contributed by atoms with Crippen LogP contribution in [0.25, 0.3) is 0 Å². The lowest BCUT2D eigenvalue weighted by molar-refractivity contribution is -0.0211. The molecule has 4 heteroatoms. The first-order chi connectivity index (χ1) is 9.36. The Morgan fingerprint density at radius 3 is 2.95 bits per heavy atom. The van der Waals surface area contributed by atoms with Crippen molar-refractivity contribution < 1.29 is 14.2 Å². The van der Waals surface area contributed by atoms with Gasteiger partial charge >= 0.3 is 0 Å². The van der Waals surface area contributed by atoms with E-state index in [2.05, 4.69) is 18.3 Å². The molecule has 1 aromatic carbocycles. The molecule has 4 nitrogen and oxygen atoms in total. The van der Waals surface area contributed by atoms with Gasteiger partial charge in [0.1, 0.15) is 18.5 Å². The van der Waals surface area contributed by atoms with Crippen molar-refractivity contribution in [1.82, 2.24) is 5.32 Å². The maximum absolute atomic E-state index is 5.94. The fourth-order valence-electron chi connectivity index (χ4n) is 2.38. The van der Waals surface area contributed by atoms with Gasteiger partial charge in [-0.3, -0.25) is 0 Å². The molecule has 1 N–H and O–H groups in total. The van der Waals surface area contributed by atoms with Crippen LogP contribution in [-0.2, 0) is 9.47 Å². The normalized spacial score (nSPS) is 21.8. The molecule has 0 fully saturated rings. The molecule has 0 spiro atoms. The highest BCUT2D eigenvalue weighted by Crippen LogP contribution is 2.33. The number of para-hydroxylation sites is 1. The summed E-state index contributed by atoms with van der Waals surface area (Å²) < 4.78 is 16.7. The number of fused-ring (bicyclic) bond motifs is 1. The van der Waals surface area contributed by atoms with Crippen LogP contribution in [0.4, 0.5) is 0 Å². The molecule has 0 bridgehead atoms. The highest BCUT2D eigenvalue weighted by atomic mass is 16.5. The second-order valence-corrected chi connectivity index (χ2v) is 4.64. The Kier molecular flexibility index (Phi) is 5.63. The lowest BCUT2D eigenvalue weighted by Crippen LogP contribution is -2.41. The first kappa shape index (κ1) is 14.3. The van der Waals surface area contributed by atoms with E-state index in [0.29, 0.717) is 13.2 Å². The first-order valence-corrected chi connectivity index (χ1v) is 6.92. The van der Waals surface area contributed by atoms with E-state index in [1.165, 1.54) is 5.56 Å². The molecule has 19 heavy (non-hydrogen) atoms. The summed E-state index contributed by atoms with van der Waals surface area (Å²) in [5.41, 5.74) is 1.19. The van der Waals surface area contributed by atoms with Crippen molar-refractivity contribution in [3.05, 3.63) is 29.8 Å². The number of hydrogen-bond donors (Lipinski definition) is 1. The first-order valence-electron chi connectivity index (χ1n) is 6.92. The molecule has 0 aliphatic carbocycles. The van der Waals surface area contributed by atoms with E-state index in [9.17, 15) is 0 Å². The molecule has 0 saturated heterocycles. The van der Waals surface area contributed by atoms with Gasteiger partial charge in [0.2, 0.25) is 0 Å². The van der Waals surface area contributed by atoms with Crippen LogP contribution in [0.2, 0.25) is 0 Å². The second kappa shape index (κ2) is 7.48. The van der Waals surface area contributed by atoms with Crippen LogP contribution in [0.1, 0.15) is 24.9 Å². The zero-order valence-corrected chi connectivity index (χ0v) is 11.7. The Hall–Kier alpha value is -1.10. The number of nitrogens with one attached hydrogen (secondary N) is 1. The quantitative estimate of drug-likeness (QED) is 0.767. The van der Waals surface area contributed by atoms with E-state index < -0.39 is 0 Å². The molecule has 1 aromatic rings. The largest absolute Gasteiger partial charge is 0.490 e. The van der Waals surface area contributed by atoms with Gasteiger partial charge in [-0.1, -0.05) is 25.1 Å². The van der Waals surface area contributed by atoms with E-state index in [0.717, 1.165) is 25.3 Å². The van der Waals surface area contributed by atoms with E-state index in [-0.39, 0.29) is 12.1 Å². The van der Waals surface area contributed by atoms with Crippen LogP contribution in [0.5, 0.6) is 5.75 Å². The molecule has 2 atom stereocenters. The number of methoxy groups -OCH3 is 1. The standard InChI is InChI=1S/C15H23NO3/c1-3-16-15-12-7-4-5-8-13(12)19-11-14(15)18-10-6-9-17-2/h4-5,7-8,14-16H,3,6,9-11H2,1-2H3. The van der Waals surface area contributed by atoms with E-state index >= 15 is 0 Å². The molecular weight excluding hydrogens is 242 g/mol. The van der Waals surface area contributed by atoms with Crippen LogP contribution in [0.3, 0.4) is 0 Å². The highest BCUT2D eigenvalue weighted by Gasteiger charge is 2.30. The maximum atomic E-state index is 5.94. The van der Waals surface area contributed by atoms with Gasteiger partial charge in [0, 0.05) is 25.9 Å². The Labute approximate surface area is 115 Å². The number of hydrogen-bond acceptors (Lipinski definition) is 4. The van der Waals surface area contributed by atoms with Gasteiger partial charge in [-0.2, -0.15) is 0 Å². The molecule has 1 aliphatic rings. The third-order valence-corrected chi connectivity index (χ3v) is 3.28. The Morgan fingerprint density at radius 2 is 2.16 bits per heavy atom. The maximum Gasteiger partial charge on any atom is 0.124 e. The van der Waals surface area contributed by atoms with E-state index in [1.54, 1.807) is 7.11 Å². The summed E-state index contributed by atoms with van der Waals surface area (Å²) in [6.45, 7) is 5.06. The van der Waals surface area contributed by atoms with Crippen molar-refractivity contribution in [1.29, 1.82) is 0 Å². The summed E-state index contributed by atoms with van der Waals surface area (Å²) in [5.74, 6) is 0.963. The topological polar surface area (TPSA) is 39.7 Å². The Balaban J connectivity index is 2.00. The minimum Gasteiger partial charge on any atom is -0.490 e. The van der Waals surface area contributed by atoms with Gasteiger partial charge in [-0.15, -0.1) is 0 Å². The summed E-state index contributed by atoms with van der Waals surface area (Å²) >= 11 is 0. The molecule has 106 valence electrons. The molecule has 0 radical (unpaired) electrons. The number of ether oxygens (including phenoxy) is 3. The molecule has 1 aliphatic heterocycles. The van der Waals surface area contributed by atoms with Gasteiger partial charge in [-0.05, 0) is 19.0 Å². The Morgan fingerprint density at radius 1 is 1.32 bits per heavy atom. The number of likely N-dealkylation sites (N-methyl/N-ethyl adjacent to an activating group) is 1. The number of benzene rings is 1. The van der Waals surface area contributed by atoms with Gasteiger partial charge in [0.25, 0.3) is 0 Å². The average Bonchev–Trinajstić information content (AvgIpc) is 2.45. The van der Waals surface area contributed by atoms with E-state index in [4.69, 9.17) is 14.2 Å². The van der Waals surface area contributed by atoms with Crippen molar-refractivity contribution in [2.75, 3.05) is 33.5 Å². The van der Waals surface area contributed by atoms with Crippen molar-refractivity contribution in [3.8, 4) is 5.75 Å². The van der Waals surface area contributed by atoms with Crippen LogP contribution in [0, 0.1) is 0 Å². The minimum atomic E-state index is 0.0618. The SMILES string of the molecule is CCNC1c2ccccc2OCC1OCCCOC. The van der Waals surface area contributed by atoms with Crippen molar-refractivity contribution in [3.63, 3.8) is 0 Å². The molecule has 0 aromatic heterocycles. The molecule has 0 amide bonds. The van der Waals surface area contributed by atoms with Crippen LogP contribution in [-0.4, -0.2) is 39.6 Å². The van der Waals surface area contributed by atoms with Gasteiger partial charge in [0.05, 0.1) is 6.04 Å². The monoisotopic (exact) mass is 265 g/mol. The van der Waals surface area contributed by atoms with Crippen LogP contribution < -0.4 is 10.1 Å². The third kappa shape index (κ3) is 3.69. The smallest absolute Gasteiger partial charge is 0.124 e. The molecular formula is C15H23NO3. The molecule has 0 saturated carbocycles. The second-order valence-electron chi connectivity index (χ2n) is 4.64. The fourth-order valence-corrected chi connectivity index (χ4v) is 2.38. The van der Waals surface area contributed by atoms with Crippen LogP contribution in [0.15, 0.2) is 24.3 Å². The molecule has 2 unspecified atom stereocenters. The summed E-state index contributed by atoms with van der Waals surface area (Å²) in [5, 5.41) is 3.50. The van der Waals surface area contributed by atoms with Crippen molar-refractivity contribution in [2.24, 2.45) is 0 Å². The lowest BCUT2D eigenvalue weighted by atomic mass is 9.98. The highest BCUT2D eigenvalue weighted by molar-refractivity contribution is 5.38. The average molecular weight is 265 g/mol. The minimum absolute atomic E-state index is 0.0618. The third-order valence-electron chi connectivity index (χ3n) is 3.28. The predicted octanol–water partition coefficient (Wildman–Crippen LogP) is 2.15. The molecule has 2 rings (SSSR count). The summed E-state index contributed by atoms with van der Waals surface area (Å²) in [7, 11) is 1.71. The lowest BCUT2D eigenvalue weighted by Gasteiger charge is -2.34.